The lowest BCUT2D eigenvalue weighted by molar-refractivity contribution is -0.385. The Balaban J connectivity index is 2.09. The third kappa shape index (κ3) is 3.38. The first-order valence-corrected chi connectivity index (χ1v) is 5.65. The molecule has 1 heterocycles. The zero-order valence-corrected chi connectivity index (χ0v) is 9.97. The molecule has 0 aliphatic carbocycles. The second-order valence-electron chi connectivity index (χ2n) is 3.98. The Labute approximate surface area is 108 Å². The van der Waals surface area contributed by atoms with Crippen molar-refractivity contribution in [3.63, 3.8) is 0 Å². The molecule has 1 saturated heterocycles. The zero-order valence-electron chi connectivity index (χ0n) is 9.97. The van der Waals surface area contributed by atoms with Gasteiger partial charge in [-0.2, -0.15) is 0 Å². The molecule has 2 rings (SSSR count). The Morgan fingerprint density at radius 3 is 2.68 bits per heavy atom. The van der Waals surface area contributed by atoms with Crippen LogP contribution in [-0.4, -0.2) is 42.2 Å². The van der Waals surface area contributed by atoms with Crippen LogP contribution in [0.1, 0.15) is 0 Å². The van der Waals surface area contributed by atoms with Crippen LogP contribution < -0.4 is 5.32 Å². The van der Waals surface area contributed by atoms with E-state index in [2.05, 4.69) is 5.32 Å². The summed E-state index contributed by atoms with van der Waals surface area (Å²) in [6.45, 7) is 1.75. The lowest BCUT2D eigenvalue weighted by Crippen LogP contribution is -2.43. The minimum Gasteiger partial charge on any atom is -0.378 e. The minimum absolute atomic E-state index is 0.0585. The van der Waals surface area contributed by atoms with Gasteiger partial charge in [-0.05, 0) is 6.07 Å². The highest BCUT2D eigenvalue weighted by Crippen LogP contribution is 2.20. The summed E-state index contributed by atoms with van der Waals surface area (Å²) in [5, 5.41) is 13.0. The molecular formula is C11H12FN3O4. The first-order chi connectivity index (χ1) is 9.06. The number of hydrogen-bond donors (Lipinski definition) is 1. The Bertz CT molecular complexity index is 503. The zero-order chi connectivity index (χ0) is 13.8. The average molecular weight is 269 g/mol. The van der Waals surface area contributed by atoms with Crippen LogP contribution in [0.15, 0.2) is 18.2 Å². The van der Waals surface area contributed by atoms with Crippen molar-refractivity contribution in [3.8, 4) is 0 Å². The largest absolute Gasteiger partial charge is 0.378 e. The molecule has 0 saturated carbocycles. The molecule has 1 aromatic rings. The topological polar surface area (TPSA) is 84.7 Å². The number of nitro benzene ring substituents is 1. The number of halogens is 1. The van der Waals surface area contributed by atoms with Crippen molar-refractivity contribution in [2.45, 2.75) is 0 Å². The normalized spacial score (nSPS) is 15.1. The molecule has 1 aliphatic rings. The number of nitro groups is 1. The SMILES string of the molecule is O=C(Nc1cc(F)cc([N+](=O)[O-])c1)N1CCOCC1. The van der Waals surface area contributed by atoms with Crippen molar-refractivity contribution in [1.29, 1.82) is 0 Å². The van der Waals surface area contributed by atoms with E-state index in [1.165, 1.54) is 4.90 Å². The molecule has 8 heteroatoms. The number of anilines is 1. The van der Waals surface area contributed by atoms with Crippen LogP contribution in [0.5, 0.6) is 0 Å². The van der Waals surface area contributed by atoms with Gasteiger partial charge in [0.05, 0.1) is 29.9 Å². The summed E-state index contributed by atoms with van der Waals surface area (Å²) in [7, 11) is 0. The summed E-state index contributed by atoms with van der Waals surface area (Å²) in [5.74, 6) is -0.772. The summed E-state index contributed by atoms with van der Waals surface area (Å²) >= 11 is 0. The second-order valence-corrected chi connectivity index (χ2v) is 3.98. The highest BCUT2D eigenvalue weighted by molar-refractivity contribution is 5.89. The monoisotopic (exact) mass is 269 g/mol. The van der Waals surface area contributed by atoms with E-state index in [-0.39, 0.29) is 5.69 Å². The van der Waals surface area contributed by atoms with Crippen molar-refractivity contribution in [1.82, 2.24) is 4.90 Å². The second kappa shape index (κ2) is 5.61. The summed E-state index contributed by atoms with van der Waals surface area (Å²) in [5.41, 5.74) is -0.347. The third-order valence-electron chi connectivity index (χ3n) is 2.64. The molecule has 102 valence electrons. The number of urea groups is 1. The van der Waals surface area contributed by atoms with E-state index in [1.54, 1.807) is 0 Å². The van der Waals surface area contributed by atoms with Gasteiger partial charge in [0.15, 0.2) is 0 Å². The molecule has 0 radical (unpaired) electrons. The fourth-order valence-corrected chi connectivity index (χ4v) is 1.72. The van der Waals surface area contributed by atoms with Crippen molar-refractivity contribution >= 4 is 17.4 Å². The van der Waals surface area contributed by atoms with E-state index in [0.29, 0.717) is 26.3 Å². The van der Waals surface area contributed by atoms with Gasteiger partial charge in [0.1, 0.15) is 5.82 Å². The molecule has 0 bridgehead atoms. The van der Waals surface area contributed by atoms with Crippen LogP contribution in [0.3, 0.4) is 0 Å². The molecule has 1 fully saturated rings. The molecule has 0 unspecified atom stereocenters. The predicted octanol–water partition coefficient (Wildman–Crippen LogP) is 1.60. The maximum Gasteiger partial charge on any atom is 0.322 e. The van der Waals surface area contributed by atoms with Gasteiger partial charge in [0.25, 0.3) is 5.69 Å². The van der Waals surface area contributed by atoms with Gasteiger partial charge in [-0.1, -0.05) is 0 Å². The van der Waals surface area contributed by atoms with E-state index >= 15 is 0 Å². The standard InChI is InChI=1S/C11H12FN3O4/c12-8-5-9(7-10(6-8)15(17)18)13-11(16)14-1-3-19-4-2-14/h5-7H,1-4H2,(H,13,16). The minimum atomic E-state index is -0.772. The maximum absolute atomic E-state index is 13.2. The van der Waals surface area contributed by atoms with Crippen LogP contribution in [0.4, 0.5) is 20.6 Å². The fourth-order valence-electron chi connectivity index (χ4n) is 1.72. The lowest BCUT2D eigenvalue weighted by Gasteiger charge is -2.26. The van der Waals surface area contributed by atoms with E-state index < -0.39 is 22.5 Å². The maximum atomic E-state index is 13.2. The van der Waals surface area contributed by atoms with Crippen molar-refractivity contribution in [3.05, 3.63) is 34.1 Å². The number of benzene rings is 1. The summed E-state index contributed by atoms with van der Waals surface area (Å²) in [6, 6.07) is 2.51. The lowest BCUT2D eigenvalue weighted by atomic mass is 10.2. The molecule has 19 heavy (non-hydrogen) atoms. The van der Waals surface area contributed by atoms with Crippen molar-refractivity contribution < 1.29 is 18.8 Å². The van der Waals surface area contributed by atoms with Crippen LogP contribution >= 0.6 is 0 Å². The Morgan fingerprint density at radius 2 is 2.05 bits per heavy atom. The molecular weight excluding hydrogens is 257 g/mol. The highest BCUT2D eigenvalue weighted by atomic mass is 19.1. The number of nitrogens with zero attached hydrogens (tertiary/aromatic N) is 2. The third-order valence-corrected chi connectivity index (χ3v) is 2.64. The van der Waals surface area contributed by atoms with E-state index in [1.807, 2.05) is 0 Å². The molecule has 0 spiro atoms. The van der Waals surface area contributed by atoms with Gasteiger partial charge in [0, 0.05) is 19.2 Å². The number of morpholine rings is 1. The van der Waals surface area contributed by atoms with Crippen LogP contribution in [0, 0.1) is 15.9 Å². The van der Waals surface area contributed by atoms with Gasteiger partial charge in [-0.25, -0.2) is 9.18 Å². The smallest absolute Gasteiger partial charge is 0.322 e. The van der Waals surface area contributed by atoms with Crippen molar-refractivity contribution in [2.24, 2.45) is 0 Å². The molecule has 0 aromatic heterocycles. The van der Waals surface area contributed by atoms with Gasteiger partial charge in [-0.15, -0.1) is 0 Å². The summed E-state index contributed by atoms with van der Waals surface area (Å²) in [6.07, 6.45) is 0. The molecule has 0 atom stereocenters. The first kappa shape index (κ1) is 13.2. The molecule has 1 aromatic carbocycles. The average Bonchev–Trinajstić information content (AvgIpc) is 2.39. The van der Waals surface area contributed by atoms with Gasteiger partial charge in [0.2, 0.25) is 0 Å². The molecule has 1 aliphatic heterocycles. The summed E-state index contributed by atoms with van der Waals surface area (Å²) in [4.78, 5) is 23.2. The summed E-state index contributed by atoms with van der Waals surface area (Å²) < 4.78 is 18.3. The highest BCUT2D eigenvalue weighted by Gasteiger charge is 2.18. The van der Waals surface area contributed by atoms with Crippen LogP contribution in [0.25, 0.3) is 0 Å². The number of carbonyl (C=O) groups is 1. The number of amides is 2. The Kier molecular flexibility index (Phi) is 3.91. The number of carbonyl (C=O) groups excluding carboxylic acids is 1. The fraction of sp³-hybridized carbons (Fsp3) is 0.364. The Hall–Kier alpha value is -2.22. The first-order valence-electron chi connectivity index (χ1n) is 5.65. The molecule has 7 nitrogen and oxygen atoms in total. The van der Waals surface area contributed by atoms with Gasteiger partial charge < -0.3 is 15.0 Å². The van der Waals surface area contributed by atoms with E-state index in [4.69, 9.17) is 4.74 Å². The van der Waals surface area contributed by atoms with Gasteiger partial charge >= 0.3 is 6.03 Å². The number of non-ortho nitro benzene ring substituents is 1. The van der Waals surface area contributed by atoms with Crippen LogP contribution in [-0.2, 0) is 4.74 Å². The number of hydrogen-bond acceptors (Lipinski definition) is 4. The van der Waals surface area contributed by atoms with Crippen LogP contribution in [0.2, 0.25) is 0 Å². The van der Waals surface area contributed by atoms with E-state index in [0.717, 1.165) is 18.2 Å². The number of rotatable bonds is 2. The van der Waals surface area contributed by atoms with Crippen molar-refractivity contribution in [2.75, 3.05) is 31.6 Å². The molecule has 2 amide bonds. The predicted molar refractivity (Wildman–Crippen MR) is 64.5 cm³/mol. The Morgan fingerprint density at radius 1 is 1.37 bits per heavy atom. The number of nitrogens with one attached hydrogen (secondary N) is 1. The quantitative estimate of drug-likeness (QED) is 0.652. The molecule has 1 N–H and O–H groups in total. The number of ether oxygens (including phenoxy) is 1. The van der Waals surface area contributed by atoms with E-state index in [9.17, 15) is 19.3 Å². The van der Waals surface area contributed by atoms with Gasteiger partial charge in [-0.3, -0.25) is 10.1 Å².